The number of aromatic nitrogens is 5. The Labute approximate surface area is 221 Å². The molecular formula is C30H33N7O. The van der Waals surface area contributed by atoms with Crippen molar-refractivity contribution < 1.29 is 0 Å². The number of rotatable bonds is 2. The molecule has 4 N–H and O–H groups in total. The summed E-state index contributed by atoms with van der Waals surface area (Å²) in [5.74, 6) is 0.591. The van der Waals surface area contributed by atoms with Crippen LogP contribution in [0.2, 0.25) is 0 Å². The molecule has 2 aliphatic carbocycles. The predicted octanol–water partition coefficient (Wildman–Crippen LogP) is 4.31. The van der Waals surface area contributed by atoms with Crippen LogP contribution in [0.15, 0.2) is 47.3 Å². The van der Waals surface area contributed by atoms with Crippen LogP contribution in [0, 0.1) is 12.3 Å². The van der Waals surface area contributed by atoms with Gasteiger partial charge >= 0.3 is 0 Å². The number of pyridine rings is 1. The molecule has 38 heavy (non-hydrogen) atoms. The van der Waals surface area contributed by atoms with Crippen LogP contribution in [0.5, 0.6) is 0 Å². The van der Waals surface area contributed by atoms with E-state index in [1.165, 1.54) is 11.1 Å². The van der Waals surface area contributed by atoms with Crippen molar-refractivity contribution in [1.82, 2.24) is 25.1 Å². The standard InChI is InChI=1S/C30H33N7O/c1-17-8-9-21-20(10-11-29(2,3)25(21)32-17)23-22-26(36-35-23)33-28(34-27(22)38)37-14-12-30(13-15-37)16-18-6-4-5-7-19(18)24(30)31/h4-10,24H,11-16,31H2,1-3H3,(H2,33,34,35,36,38)/t24-/m1/s1. The first-order valence-corrected chi connectivity index (χ1v) is 13.5. The summed E-state index contributed by atoms with van der Waals surface area (Å²) < 4.78 is 0. The molecule has 1 fully saturated rings. The van der Waals surface area contributed by atoms with Gasteiger partial charge in [0.15, 0.2) is 5.65 Å². The van der Waals surface area contributed by atoms with E-state index in [0.717, 1.165) is 61.3 Å². The van der Waals surface area contributed by atoms with Gasteiger partial charge in [-0.05, 0) is 55.2 Å². The fraction of sp³-hybridized carbons (Fsp3) is 0.400. The lowest BCUT2D eigenvalue weighted by Crippen LogP contribution is -2.45. The van der Waals surface area contributed by atoms with Gasteiger partial charge in [-0.3, -0.25) is 19.9 Å². The lowest BCUT2D eigenvalue weighted by molar-refractivity contribution is 0.187. The molecule has 3 aliphatic rings. The second-order valence-corrected chi connectivity index (χ2v) is 11.9. The molecule has 1 atom stereocenters. The molecule has 1 aliphatic heterocycles. The fourth-order valence-electron chi connectivity index (χ4n) is 6.82. The zero-order valence-electron chi connectivity index (χ0n) is 22.1. The number of anilines is 1. The molecule has 0 amide bonds. The molecular weight excluding hydrogens is 474 g/mol. The van der Waals surface area contributed by atoms with Gasteiger partial charge in [0.2, 0.25) is 5.95 Å². The number of hydrogen-bond acceptors (Lipinski definition) is 6. The number of fused-ring (bicyclic) bond motifs is 3. The summed E-state index contributed by atoms with van der Waals surface area (Å²) in [6.45, 7) is 8.02. The van der Waals surface area contributed by atoms with Gasteiger partial charge in [-0.15, -0.1) is 0 Å². The lowest BCUT2D eigenvalue weighted by Gasteiger charge is -2.42. The number of nitrogens with two attached hydrogens (primary N) is 1. The van der Waals surface area contributed by atoms with Crippen molar-refractivity contribution in [2.45, 2.75) is 57.9 Å². The highest BCUT2D eigenvalue weighted by Gasteiger charge is 2.46. The largest absolute Gasteiger partial charge is 0.342 e. The number of H-pyrrole nitrogens is 2. The molecule has 7 rings (SSSR count). The third kappa shape index (κ3) is 3.39. The molecule has 194 valence electrons. The van der Waals surface area contributed by atoms with E-state index in [4.69, 9.17) is 15.7 Å². The van der Waals surface area contributed by atoms with Gasteiger partial charge in [-0.25, -0.2) is 0 Å². The average Bonchev–Trinajstić information content (AvgIpc) is 3.45. The van der Waals surface area contributed by atoms with E-state index < -0.39 is 0 Å². The van der Waals surface area contributed by atoms with E-state index in [1.54, 1.807) is 0 Å². The molecule has 3 aromatic heterocycles. The number of nitrogens with one attached hydrogen (secondary N) is 2. The molecule has 1 spiro atoms. The van der Waals surface area contributed by atoms with E-state index in [1.807, 2.05) is 13.0 Å². The number of aromatic amines is 2. The number of benzene rings is 1. The summed E-state index contributed by atoms with van der Waals surface area (Å²) in [7, 11) is 0. The van der Waals surface area contributed by atoms with Crippen molar-refractivity contribution in [2.24, 2.45) is 11.1 Å². The monoisotopic (exact) mass is 507 g/mol. The smallest absolute Gasteiger partial charge is 0.264 e. The number of nitrogens with zero attached hydrogens (tertiary/aromatic N) is 4. The lowest BCUT2D eigenvalue weighted by atomic mass is 9.73. The highest BCUT2D eigenvalue weighted by Crippen LogP contribution is 2.51. The Bertz CT molecular complexity index is 1670. The van der Waals surface area contributed by atoms with Crippen LogP contribution in [0.25, 0.3) is 16.6 Å². The Morgan fingerprint density at radius 3 is 2.66 bits per heavy atom. The first kappa shape index (κ1) is 23.3. The van der Waals surface area contributed by atoms with Gasteiger partial charge in [0.05, 0.1) is 5.69 Å². The fourth-order valence-corrected chi connectivity index (χ4v) is 6.82. The molecule has 0 unspecified atom stereocenters. The van der Waals surface area contributed by atoms with E-state index >= 15 is 0 Å². The van der Waals surface area contributed by atoms with Crippen LogP contribution in [-0.4, -0.2) is 38.2 Å². The number of piperidine rings is 1. The molecule has 4 heterocycles. The summed E-state index contributed by atoms with van der Waals surface area (Å²) in [5, 5.41) is 8.13. The maximum atomic E-state index is 13.5. The van der Waals surface area contributed by atoms with E-state index in [2.05, 4.69) is 70.3 Å². The average molecular weight is 508 g/mol. The Morgan fingerprint density at radius 2 is 1.87 bits per heavy atom. The van der Waals surface area contributed by atoms with Crippen LogP contribution < -0.4 is 16.2 Å². The Kier molecular flexibility index (Phi) is 4.98. The first-order valence-electron chi connectivity index (χ1n) is 13.5. The topological polar surface area (TPSA) is 117 Å². The van der Waals surface area contributed by atoms with Crippen molar-refractivity contribution in [2.75, 3.05) is 18.0 Å². The van der Waals surface area contributed by atoms with E-state index in [-0.39, 0.29) is 22.4 Å². The maximum absolute atomic E-state index is 13.5. The number of allylic oxidation sites excluding steroid dienone is 1. The zero-order chi connectivity index (χ0) is 26.2. The molecule has 1 aromatic carbocycles. The maximum Gasteiger partial charge on any atom is 0.264 e. The molecule has 8 nitrogen and oxygen atoms in total. The van der Waals surface area contributed by atoms with Crippen molar-refractivity contribution in [3.8, 4) is 0 Å². The summed E-state index contributed by atoms with van der Waals surface area (Å²) >= 11 is 0. The van der Waals surface area contributed by atoms with Crippen LogP contribution in [-0.2, 0) is 11.8 Å². The SMILES string of the molecule is Cc1ccc2c(n1)C(C)(C)CC=C2c1n[nH]c2nc(N3CCC4(CC3)Cc3ccccc3[C@H]4N)[nH]c(=O)c12. The van der Waals surface area contributed by atoms with Gasteiger partial charge in [0.25, 0.3) is 5.56 Å². The van der Waals surface area contributed by atoms with Crippen LogP contribution in [0.3, 0.4) is 0 Å². The predicted molar refractivity (Wildman–Crippen MR) is 149 cm³/mol. The summed E-state index contributed by atoms with van der Waals surface area (Å²) in [6.07, 6.45) is 5.95. The van der Waals surface area contributed by atoms with Crippen molar-refractivity contribution in [3.63, 3.8) is 0 Å². The second-order valence-electron chi connectivity index (χ2n) is 11.9. The van der Waals surface area contributed by atoms with Gasteiger partial charge in [-0.2, -0.15) is 10.1 Å². The van der Waals surface area contributed by atoms with Crippen molar-refractivity contribution >= 4 is 22.6 Å². The quantitative estimate of drug-likeness (QED) is 0.372. The summed E-state index contributed by atoms with van der Waals surface area (Å²) in [4.78, 5) is 28.4. The van der Waals surface area contributed by atoms with Crippen molar-refractivity contribution in [1.29, 1.82) is 0 Å². The first-order chi connectivity index (χ1) is 18.3. The Morgan fingerprint density at radius 1 is 1.08 bits per heavy atom. The highest BCUT2D eigenvalue weighted by atomic mass is 16.1. The number of aryl methyl sites for hydroxylation is 1. The van der Waals surface area contributed by atoms with Gasteiger partial charge in [0.1, 0.15) is 11.1 Å². The third-order valence-corrected chi connectivity index (χ3v) is 9.11. The van der Waals surface area contributed by atoms with E-state index in [0.29, 0.717) is 22.7 Å². The molecule has 4 aromatic rings. The zero-order valence-corrected chi connectivity index (χ0v) is 22.1. The summed E-state index contributed by atoms with van der Waals surface area (Å²) in [5.41, 5.74) is 14.4. The van der Waals surface area contributed by atoms with Crippen molar-refractivity contribution in [3.05, 3.63) is 86.6 Å². The molecule has 1 saturated heterocycles. The van der Waals surface area contributed by atoms with Gasteiger partial charge in [-0.1, -0.05) is 50.3 Å². The number of hydrogen-bond donors (Lipinski definition) is 3. The third-order valence-electron chi connectivity index (χ3n) is 9.11. The van der Waals surface area contributed by atoms with E-state index in [9.17, 15) is 4.79 Å². The Balaban J connectivity index is 1.19. The molecule has 0 radical (unpaired) electrons. The second kappa shape index (κ2) is 8.11. The van der Waals surface area contributed by atoms with Crippen LogP contribution >= 0.6 is 0 Å². The normalized spacial score (nSPS) is 21.4. The minimum atomic E-state index is -0.175. The van der Waals surface area contributed by atoms with Gasteiger partial charge < -0.3 is 10.6 Å². The Hall–Kier alpha value is -3.78. The summed E-state index contributed by atoms with van der Waals surface area (Å²) in [6, 6.07) is 12.7. The molecule has 0 saturated carbocycles. The van der Waals surface area contributed by atoms with Gasteiger partial charge in [0, 0.05) is 41.4 Å². The van der Waals surface area contributed by atoms with Crippen LogP contribution in [0.4, 0.5) is 5.95 Å². The highest BCUT2D eigenvalue weighted by molar-refractivity contribution is 5.94. The minimum absolute atomic E-state index is 0.0559. The van der Waals surface area contributed by atoms with Crippen LogP contribution in [0.1, 0.15) is 72.9 Å². The molecule has 8 heteroatoms. The minimum Gasteiger partial charge on any atom is -0.342 e. The molecule has 0 bridgehead atoms.